The van der Waals surface area contributed by atoms with Crippen molar-refractivity contribution >= 4 is 5.71 Å². The molecule has 0 saturated carbocycles. The molecule has 0 radical (unpaired) electrons. The molecule has 3 heteroatoms. The molecule has 0 aliphatic carbocycles. The Labute approximate surface area is 61.7 Å². The highest BCUT2D eigenvalue weighted by Crippen LogP contribution is 1.94. The lowest BCUT2D eigenvalue weighted by molar-refractivity contribution is -0.0991. The number of aliphatic hydroxyl groups is 1. The predicted molar refractivity (Wildman–Crippen MR) is 40.8 cm³/mol. The molecule has 0 spiro atoms. The van der Waals surface area contributed by atoms with Crippen molar-refractivity contribution in [3.8, 4) is 0 Å². The highest BCUT2D eigenvalue weighted by Gasteiger charge is 1.97. The third kappa shape index (κ3) is 4.32. The van der Waals surface area contributed by atoms with Crippen LogP contribution in [0.1, 0.15) is 33.6 Å². The molecule has 60 valence electrons. The summed E-state index contributed by atoms with van der Waals surface area (Å²) in [6.07, 6.45) is 0.679. The predicted octanol–water partition coefficient (Wildman–Crippen LogP) is 1.52. The van der Waals surface area contributed by atoms with E-state index in [9.17, 15) is 0 Å². The lowest BCUT2D eigenvalue weighted by atomic mass is 10.3. The van der Waals surface area contributed by atoms with E-state index in [4.69, 9.17) is 5.11 Å². The monoisotopic (exact) mass is 145 g/mol. The van der Waals surface area contributed by atoms with Crippen LogP contribution in [0.25, 0.3) is 0 Å². The Balaban J connectivity index is 3.50. The molecule has 0 fully saturated rings. The van der Waals surface area contributed by atoms with Crippen LogP contribution in [0.4, 0.5) is 0 Å². The molecule has 0 rings (SSSR count). The second-order valence-electron chi connectivity index (χ2n) is 2.15. The fraction of sp³-hybridized carbons (Fsp3) is 0.857. The highest BCUT2D eigenvalue weighted by molar-refractivity contribution is 5.80. The van der Waals surface area contributed by atoms with Crippen molar-refractivity contribution in [2.24, 2.45) is 5.16 Å². The van der Waals surface area contributed by atoms with Gasteiger partial charge in [0.2, 0.25) is 6.29 Å². The van der Waals surface area contributed by atoms with E-state index in [1.807, 2.05) is 20.8 Å². The molecule has 0 bridgehead atoms. The summed E-state index contributed by atoms with van der Waals surface area (Å²) in [5.74, 6) is 0. The Kier molecular flexibility index (Phi) is 4.94. The van der Waals surface area contributed by atoms with Crippen molar-refractivity contribution in [3.63, 3.8) is 0 Å². The first-order chi connectivity index (χ1) is 4.70. The molecule has 10 heavy (non-hydrogen) atoms. The fourth-order valence-electron chi connectivity index (χ4n) is 0.290. The summed E-state index contributed by atoms with van der Waals surface area (Å²) in [6.45, 7) is 5.68. The van der Waals surface area contributed by atoms with Gasteiger partial charge < -0.3 is 9.94 Å². The molecular formula is C7H15NO2. The molecule has 0 aliphatic rings. The molecule has 0 amide bonds. The fourth-order valence-corrected chi connectivity index (χ4v) is 0.290. The van der Waals surface area contributed by atoms with Crippen LogP contribution in [-0.2, 0) is 4.84 Å². The van der Waals surface area contributed by atoms with Crippen molar-refractivity contribution in [1.29, 1.82) is 0 Å². The number of nitrogens with zero attached hydrogens (tertiary/aromatic N) is 1. The third-order valence-electron chi connectivity index (χ3n) is 1.19. The number of hydrogen-bond donors (Lipinski definition) is 1. The second-order valence-corrected chi connectivity index (χ2v) is 2.15. The molecule has 1 unspecified atom stereocenters. The van der Waals surface area contributed by atoms with E-state index >= 15 is 0 Å². The quantitative estimate of drug-likeness (QED) is 0.370. The van der Waals surface area contributed by atoms with Crippen molar-refractivity contribution in [2.45, 2.75) is 39.9 Å². The van der Waals surface area contributed by atoms with Gasteiger partial charge in [-0.15, -0.1) is 0 Å². The summed E-state index contributed by atoms with van der Waals surface area (Å²) in [6, 6.07) is 0. The molecule has 0 aromatic heterocycles. The Morgan fingerprint density at radius 2 is 2.20 bits per heavy atom. The molecule has 0 aromatic rings. The topological polar surface area (TPSA) is 41.8 Å². The minimum atomic E-state index is -0.749. The van der Waals surface area contributed by atoms with Crippen molar-refractivity contribution in [2.75, 3.05) is 0 Å². The van der Waals surface area contributed by atoms with Crippen LogP contribution in [0.15, 0.2) is 5.16 Å². The second kappa shape index (κ2) is 5.23. The first-order valence-electron chi connectivity index (χ1n) is 3.58. The first kappa shape index (κ1) is 9.43. The largest absolute Gasteiger partial charge is 0.364 e. The van der Waals surface area contributed by atoms with Gasteiger partial charge in [0.25, 0.3) is 0 Å². The first-order valence-corrected chi connectivity index (χ1v) is 3.58. The van der Waals surface area contributed by atoms with Gasteiger partial charge in [-0.05, 0) is 13.3 Å². The average Bonchev–Trinajstić information content (AvgIpc) is 1.99. The molecule has 0 aromatic carbocycles. The SMILES string of the molecule is CC/C(C)=N/OC(O)CC. The Morgan fingerprint density at radius 3 is 2.60 bits per heavy atom. The Hall–Kier alpha value is -0.570. The number of rotatable bonds is 4. The van der Waals surface area contributed by atoms with Gasteiger partial charge in [0.15, 0.2) is 0 Å². The highest BCUT2D eigenvalue weighted by atomic mass is 16.7. The van der Waals surface area contributed by atoms with E-state index in [-0.39, 0.29) is 0 Å². The van der Waals surface area contributed by atoms with Crippen LogP contribution in [-0.4, -0.2) is 17.1 Å². The molecule has 0 aliphatic heterocycles. The van der Waals surface area contributed by atoms with Gasteiger partial charge in [0.05, 0.1) is 5.71 Å². The zero-order valence-corrected chi connectivity index (χ0v) is 6.79. The third-order valence-corrected chi connectivity index (χ3v) is 1.19. The van der Waals surface area contributed by atoms with Crippen molar-refractivity contribution in [3.05, 3.63) is 0 Å². The van der Waals surface area contributed by atoms with Crippen LogP contribution in [0, 0.1) is 0 Å². The lowest BCUT2D eigenvalue weighted by Gasteiger charge is -2.04. The maximum absolute atomic E-state index is 8.87. The summed E-state index contributed by atoms with van der Waals surface area (Å²) in [5, 5.41) is 12.6. The minimum Gasteiger partial charge on any atom is -0.364 e. The van der Waals surface area contributed by atoms with E-state index in [1.165, 1.54) is 0 Å². The molecule has 1 N–H and O–H groups in total. The van der Waals surface area contributed by atoms with Crippen LogP contribution >= 0.6 is 0 Å². The van der Waals surface area contributed by atoms with E-state index in [0.29, 0.717) is 6.42 Å². The smallest absolute Gasteiger partial charge is 0.224 e. The Bertz CT molecular complexity index is 112. The Morgan fingerprint density at radius 1 is 1.60 bits per heavy atom. The van der Waals surface area contributed by atoms with Gasteiger partial charge in [-0.2, -0.15) is 0 Å². The maximum atomic E-state index is 8.87. The van der Waals surface area contributed by atoms with Crippen molar-refractivity contribution in [1.82, 2.24) is 0 Å². The maximum Gasteiger partial charge on any atom is 0.224 e. The van der Waals surface area contributed by atoms with Gasteiger partial charge in [0.1, 0.15) is 0 Å². The molecule has 3 nitrogen and oxygen atoms in total. The number of hydrogen-bond acceptors (Lipinski definition) is 3. The average molecular weight is 145 g/mol. The molecule has 0 heterocycles. The van der Waals surface area contributed by atoms with Gasteiger partial charge in [0, 0.05) is 6.42 Å². The van der Waals surface area contributed by atoms with E-state index in [1.54, 1.807) is 0 Å². The van der Waals surface area contributed by atoms with E-state index in [0.717, 1.165) is 12.1 Å². The summed E-state index contributed by atoms with van der Waals surface area (Å²) < 4.78 is 0. The normalized spacial score (nSPS) is 15.0. The van der Waals surface area contributed by atoms with Gasteiger partial charge >= 0.3 is 0 Å². The zero-order chi connectivity index (χ0) is 7.98. The summed E-state index contributed by atoms with van der Waals surface area (Å²) >= 11 is 0. The number of oxime groups is 1. The molecular weight excluding hydrogens is 130 g/mol. The summed E-state index contributed by atoms with van der Waals surface area (Å²) in [5.41, 5.74) is 0.896. The molecule has 1 atom stereocenters. The van der Waals surface area contributed by atoms with Crippen molar-refractivity contribution < 1.29 is 9.94 Å². The van der Waals surface area contributed by atoms with Crippen LogP contribution < -0.4 is 0 Å². The summed E-state index contributed by atoms with van der Waals surface area (Å²) in [4.78, 5) is 4.69. The lowest BCUT2D eigenvalue weighted by Crippen LogP contribution is -2.06. The standard InChI is InChI=1S/C7H15NO2/c1-4-6(3)8-10-7(9)5-2/h7,9H,4-5H2,1-3H3/b8-6+. The van der Waals surface area contributed by atoms with E-state index in [2.05, 4.69) is 9.99 Å². The summed E-state index contributed by atoms with van der Waals surface area (Å²) in [7, 11) is 0. The molecule has 0 saturated heterocycles. The van der Waals surface area contributed by atoms with Crippen LogP contribution in [0.5, 0.6) is 0 Å². The van der Waals surface area contributed by atoms with Gasteiger partial charge in [-0.1, -0.05) is 19.0 Å². The van der Waals surface area contributed by atoms with E-state index < -0.39 is 6.29 Å². The minimum absolute atomic E-state index is 0.570. The number of aliphatic hydroxyl groups excluding tert-OH is 1. The van der Waals surface area contributed by atoms with Crippen LogP contribution in [0.3, 0.4) is 0 Å². The van der Waals surface area contributed by atoms with Gasteiger partial charge in [-0.25, -0.2) is 0 Å². The van der Waals surface area contributed by atoms with Gasteiger partial charge in [-0.3, -0.25) is 0 Å². The van der Waals surface area contributed by atoms with Crippen LogP contribution in [0.2, 0.25) is 0 Å². The zero-order valence-electron chi connectivity index (χ0n) is 6.79.